The van der Waals surface area contributed by atoms with Crippen LogP contribution in [0, 0.1) is 0 Å². The molecule has 0 atom stereocenters. The number of rotatable bonds is 2. The molecule has 4 nitrogen and oxygen atoms in total. The van der Waals surface area contributed by atoms with Crippen LogP contribution in [0.2, 0.25) is 0 Å². The van der Waals surface area contributed by atoms with E-state index in [9.17, 15) is 5.11 Å². The van der Waals surface area contributed by atoms with Gasteiger partial charge in [-0.15, -0.1) is 0 Å². The largest absolute Gasteiger partial charge is 0.492 e. The van der Waals surface area contributed by atoms with E-state index in [1.807, 2.05) is 12.1 Å². The Labute approximate surface area is 101 Å². The molecule has 3 heterocycles. The van der Waals surface area contributed by atoms with E-state index in [-0.39, 0.29) is 5.88 Å². The number of nitrogens with zero attached hydrogens (tertiary/aromatic N) is 2. The molecule has 1 N–H and O–H groups in total. The van der Waals surface area contributed by atoms with Crippen LogP contribution in [0.5, 0.6) is 5.88 Å². The van der Waals surface area contributed by atoms with Crippen LogP contribution in [0.1, 0.15) is 0 Å². The predicted molar refractivity (Wildman–Crippen MR) is 64.7 cm³/mol. The minimum Gasteiger partial charge on any atom is -0.492 e. The highest BCUT2D eigenvalue weighted by molar-refractivity contribution is 7.10. The molecule has 0 spiro atoms. The summed E-state index contributed by atoms with van der Waals surface area (Å²) in [5.41, 5.74) is 2.51. The molecule has 0 aliphatic carbocycles. The smallest absolute Gasteiger partial charge is 0.231 e. The summed E-state index contributed by atoms with van der Waals surface area (Å²) in [5.74, 6) is 0.0308. The number of aromatic nitrogens is 2. The van der Waals surface area contributed by atoms with Gasteiger partial charge in [0.1, 0.15) is 0 Å². The van der Waals surface area contributed by atoms with Gasteiger partial charge in [0.25, 0.3) is 0 Å². The molecule has 0 aliphatic rings. The van der Waals surface area contributed by atoms with Gasteiger partial charge in [0.15, 0.2) is 0 Å². The first-order valence-corrected chi connectivity index (χ1v) is 5.75. The van der Waals surface area contributed by atoms with Crippen LogP contribution < -0.4 is 0 Å². The molecule has 0 amide bonds. The van der Waals surface area contributed by atoms with E-state index in [0.29, 0.717) is 5.56 Å². The molecule has 0 radical (unpaired) electrons. The number of pyridine rings is 1. The lowest BCUT2D eigenvalue weighted by Gasteiger charge is -2.00. The SMILES string of the molecule is Oc1nsc(-c2ccncc2)c1-c1ccoc1. The van der Waals surface area contributed by atoms with Crippen LogP contribution in [0.25, 0.3) is 21.6 Å². The van der Waals surface area contributed by atoms with Crippen molar-refractivity contribution in [1.82, 2.24) is 9.36 Å². The van der Waals surface area contributed by atoms with Gasteiger partial charge in [-0.3, -0.25) is 4.98 Å². The molecule has 84 valence electrons. The van der Waals surface area contributed by atoms with E-state index < -0.39 is 0 Å². The topological polar surface area (TPSA) is 59.2 Å². The van der Waals surface area contributed by atoms with E-state index >= 15 is 0 Å². The van der Waals surface area contributed by atoms with Gasteiger partial charge in [-0.2, -0.15) is 4.37 Å². The lowest BCUT2D eigenvalue weighted by atomic mass is 10.1. The molecule has 5 heteroatoms. The lowest BCUT2D eigenvalue weighted by molar-refractivity contribution is 0.462. The fraction of sp³-hybridized carbons (Fsp3) is 0. The van der Waals surface area contributed by atoms with Crippen molar-refractivity contribution in [2.24, 2.45) is 0 Å². The molecule has 3 rings (SSSR count). The van der Waals surface area contributed by atoms with Crippen LogP contribution in [0.3, 0.4) is 0 Å². The Morgan fingerprint density at radius 2 is 1.94 bits per heavy atom. The molecule has 0 aliphatic heterocycles. The van der Waals surface area contributed by atoms with E-state index in [1.54, 1.807) is 31.0 Å². The molecule has 17 heavy (non-hydrogen) atoms. The maximum absolute atomic E-state index is 9.81. The van der Waals surface area contributed by atoms with Crippen molar-refractivity contribution in [2.45, 2.75) is 0 Å². The van der Waals surface area contributed by atoms with Gasteiger partial charge in [-0.05, 0) is 35.3 Å². The van der Waals surface area contributed by atoms with Crippen LogP contribution in [0.4, 0.5) is 0 Å². The quantitative estimate of drug-likeness (QED) is 0.752. The van der Waals surface area contributed by atoms with E-state index in [2.05, 4.69) is 9.36 Å². The second-order valence-corrected chi connectivity index (χ2v) is 4.23. The van der Waals surface area contributed by atoms with Gasteiger partial charge in [-0.1, -0.05) is 0 Å². The zero-order valence-electron chi connectivity index (χ0n) is 8.70. The summed E-state index contributed by atoms with van der Waals surface area (Å²) >= 11 is 1.26. The lowest BCUT2D eigenvalue weighted by Crippen LogP contribution is -1.78. The summed E-state index contributed by atoms with van der Waals surface area (Å²) in [7, 11) is 0. The van der Waals surface area contributed by atoms with Gasteiger partial charge in [0, 0.05) is 18.0 Å². The van der Waals surface area contributed by atoms with Crippen LogP contribution in [-0.2, 0) is 0 Å². The van der Waals surface area contributed by atoms with Crippen molar-refractivity contribution in [3.05, 3.63) is 43.1 Å². The molecule has 0 aromatic carbocycles. The molecule has 0 bridgehead atoms. The Kier molecular flexibility index (Phi) is 2.38. The fourth-order valence-corrected chi connectivity index (χ4v) is 2.46. The summed E-state index contributed by atoms with van der Waals surface area (Å²) in [5, 5.41) is 9.81. The molecule has 0 fully saturated rings. The highest BCUT2D eigenvalue weighted by Crippen LogP contribution is 2.41. The highest BCUT2D eigenvalue weighted by atomic mass is 32.1. The Morgan fingerprint density at radius 1 is 1.12 bits per heavy atom. The van der Waals surface area contributed by atoms with Crippen molar-refractivity contribution in [3.8, 4) is 27.4 Å². The van der Waals surface area contributed by atoms with Crippen LogP contribution in [0.15, 0.2) is 47.5 Å². The molecular weight excluding hydrogens is 236 g/mol. The molecule has 3 aromatic heterocycles. The number of furan rings is 1. The predicted octanol–water partition coefficient (Wildman–Crippen LogP) is 3.17. The van der Waals surface area contributed by atoms with E-state index in [0.717, 1.165) is 16.0 Å². The third kappa shape index (κ3) is 1.70. The molecular formula is C12H8N2O2S. The van der Waals surface area contributed by atoms with Gasteiger partial charge in [0.2, 0.25) is 5.88 Å². The third-order valence-corrected chi connectivity index (χ3v) is 3.31. The molecule has 0 saturated heterocycles. The Bertz CT molecular complexity index is 617. The third-order valence-electron chi connectivity index (χ3n) is 2.43. The van der Waals surface area contributed by atoms with Crippen molar-refractivity contribution in [3.63, 3.8) is 0 Å². The summed E-state index contributed by atoms with van der Waals surface area (Å²) in [4.78, 5) is 4.88. The van der Waals surface area contributed by atoms with Crippen molar-refractivity contribution >= 4 is 11.5 Å². The maximum atomic E-state index is 9.81. The average molecular weight is 244 g/mol. The first-order valence-electron chi connectivity index (χ1n) is 4.98. The van der Waals surface area contributed by atoms with Crippen molar-refractivity contribution < 1.29 is 9.52 Å². The summed E-state index contributed by atoms with van der Waals surface area (Å²) in [6.07, 6.45) is 6.59. The molecule has 0 unspecified atom stereocenters. The maximum Gasteiger partial charge on any atom is 0.231 e. The second kappa shape index (κ2) is 4.03. The number of hydrogen-bond acceptors (Lipinski definition) is 5. The van der Waals surface area contributed by atoms with E-state index in [4.69, 9.17) is 4.42 Å². The van der Waals surface area contributed by atoms with Gasteiger partial charge < -0.3 is 9.52 Å². The normalized spacial score (nSPS) is 10.6. The standard InChI is InChI=1S/C12H8N2O2S/c15-12-10(9-3-6-16-7-9)11(17-14-12)8-1-4-13-5-2-8/h1-7H,(H,14,15). The van der Waals surface area contributed by atoms with Crippen LogP contribution >= 0.6 is 11.5 Å². The van der Waals surface area contributed by atoms with Crippen molar-refractivity contribution in [1.29, 1.82) is 0 Å². The first kappa shape index (κ1) is 10.0. The summed E-state index contributed by atoms with van der Waals surface area (Å²) in [6, 6.07) is 5.57. The van der Waals surface area contributed by atoms with Crippen LogP contribution in [-0.4, -0.2) is 14.5 Å². The Balaban J connectivity index is 2.20. The second-order valence-electron chi connectivity index (χ2n) is 3.46. The van der Waals surface area contributed by atoms with Gasteiger partial charge >= 0.3 is 0 Å². The molecule has 3 aromatic rings. The number of hydrogen-bond donors (Lipinski definition) is 1. The summed E-state index contributed by atoms with van der Waals surface area (Å²) in [6.45, 7) is 0. The minimum atomic E-state index is 0.0308. The number of aromatic hydroxyl groups is 1. The Hall–Kier alpha value is -2.14. The first-order chi connectivity index (χ1) is 8.36. The fourth-order valence-electron chi connectivity index (χ4n) is 1.65. The minimum absolute atomic E-state index is 0.0308. The highest BCUT2D eigenvalue weighted by Gasteiger charge is 2.17. The average Bonchev–Trinajstić information content (AvgIpc) is 2.99. The zero-order valence-corrected chi connectivity index (χ0v) is 9.52. The van der Waals surface area contributed by atoms with Gasteiger partial charge in [0.05, 0.1) is 23.0 Å². The monoisotopic (exact) mass is 244 g/mol. The molecule has 0 saturated carbocycles. The zero-order chi connectivity index (χ0) is 11.7. The Morgan fingerprint density at radius 3 is 2.65 bits per heavy atom. The van der Waals surface area contributed by atoms with Crippen molar-refractivity contribution in [2.75, 3.05) is 0 Å². The van der Waals surface area contributed by atoms with Gasteiger partial charge in [-0.25, -0.2) is 0 Å². The summed E-state index contributed by atoms with van der Waals surface area (Å²) < 4.78 is 9.02. The van der Waals surface area contributed by atoms with E-state index in [1.165, 1.54) is 11.5 Å².